The summed E-state index contributed by atoms with van der Waals surface area (Å²) < 4.78 is 16.7. The van der Waals surface area contributed by atoms with E-state index in [-0.39, 0.29) is 43.8 Å². The molecule has 3 amide bonds. The zero-order chi connectivity index (χ0) is 31.3. The summed E-state index contributed by atoms with van der Waals surface area (Å²) in [7, 11) is 0. The molecule has 230 valence electrons. The number of unbranched alkanes of at least 4 members (excludes halogenated alkanes) is 1. The lowest BCUT2D eigenvalue weighted by atomic mass is 10.1. The van der Waals surface area contributed by atoms with Crippen molar-refractivity contribution in [3.05, 3.63) is 111 Å². The number of urea groups is 1. The molecule has 2 heterocycles. The number of nitrogens with one attached hydrogen (secondary N) is 1. The summed E-state index contributed by atoms with van der Waals surface area (Å²) in [5.74, 6) is 0.876. The fraction of sp³-hybridized carbons (Fsp3) is 0.229. The number of carbonyl (C=O) groups excluding carboxylic acids is 2. The summed E-state index contributed by atoms with van der Waals surface area (Å²) in [6.45, 7) is 2.47. The standard InChI is InChI=1S/C35H32ClN3O6/c1-2-3-15-38(35(42)37-29-10-6-8-24-7-4-5-9-27(24)29)20-33(40)39(18-23-11-13-31-32(16-23)45-22-44-31)19-25-21-43-30-14-12-26(36)17-28(30)34(25)41/h4-14,16-17,21H,2-3,15,18-20,22H2,1H3,(H,37,42). The number of hydrogen-bond acceptors (Lipinski definition) is 6. The van der Waals surface area contributed by atoms with Gasteiger partial charge in [-0.2, -0.15) is 0 Å². The summed E-state index contributed by atoms with van der Waals surface area (Å²) in [4.78, 5) is 44.2. The largest absolute Gasteiger partial charge is 0.464 e. The van der Waals surface area contributed by atoms with Gasteiger partial charge in [-0.05, 0) is 53.8 Å². The van der Waals surface area contributed by atoms with Crippen LogP contribution in [0.25, 0.3) is 21.7 Å². The molecule has 0 saturated heterocycles. The quantitative estimate of drug-likeness (QED) is 0.176. The Morgan fingerprint density at radius 1 is 0.889 bits per heavy atom. The van der Waals surface area contributed by atoms with Gasteiger partial charge in [0.05, 0.1) is 29.4 Å². The maximum atomic E-state index is 14.1. The highest BCUT2D eigenvalue weighted by atomic mass is 35.5. The van der Waals surface area contributed by atoms with E-state index < -0.39 is 0 Å². The van der Waals surface area contributed by atoms with E-state index in [0.717, 1.165) is 22.8 Å². The number of halogens is 1. The Kier molecular flexibility index (Phi) is 8.89. The summed E-state index contributed by atoms with van der Waals surface area (Å²) in [6.07, 6.45) is 2.93. The first-order chi connectivity index (χ1) is 21.9. The van der Waals surface area contributed by atoms with Crippen LogP contribution in [-0.4, -0.2) is 41.6 Å². The van der Waals surface area contributed by atoms with Crippen LogP contribution in [-0.2, 0) is 17.9 Å². The number of amides is 3. The third-order valence-electron chi connectivity index (χ3n) is 7.76. The Balaban J connectivity index is 1.28. The predicted molar refractivity (Wildman–Crippen MR) is 174 cm³/mol. The molecule has 5 aromatic rings. The van der Waals surface area contributed by atoms with Crippen molar-refractivity contribution in [2.24, 2.45) is 0 Å². The van der Waals surface area contributed by atoms with Crippen molar-refractivity contribution in [3.63, 3.8) is 0 Å². The molecule has 0 bridgehead atoms. The van der Waals surface area contributed by atoms with Crippen LogP contribution in [0.2, 0.25) is 5.02 Å². The molecular formula is C35H32ClN3O6. The maximum Gasteiger partial charge on any atom is 0.322 e. The minimum absolute atomic E-state index is 0.0371. The smallest absolute Gasteiger partial charge is 0.322 e. The Hall–Kier alpha value is -5.02. The van der Waals surface area contributed by atoms with Crippen LogP contribution in [0, 0.1) is 0 Å². The second kappa shape index (κ2) is 13.3. The minimum atomic E-state index is -0.379. The van der Waals surface area contributed by atoms with Crippen molar-refractivity contribution in [1.29, 1.82) is 0 Å². The molecule has 0 unspecified atom stereocenters. The van der Waals surface area contributed by atoms with Crippen LogP contribution >= 0.6 is 11.6 Å². The zero-order valence-electron chi connectivity index (χ0n) is 24.8. The first kappa shape index (κ1) is 30.0. The number of ether oxygens (including phenoxy) is 2. The number of carbonyl (C=O) groups is 2. The van der Waals surface area contributed by atoms with Crippen LogP contribution in [0.5, 0.6) is 11.5 Å². The lowest BCUT2D eigenvalue weighted by molar-refractivity contribution is -0.133. The molecule has 0 fully saturated rings. The molecule has 10 heteroatoms. The monoisotopic (exact) mass is 625 g/mol. The molecule has 1 aromatic heterocycles. The SMILES string of the molecule is CCCCN(CC(=O)N(Cc1ccc2c(c1)OCO2)Cc1coc2ccc(Cl)cc2c1=O)C(=O)Nc1cccc2ccccc12. The molecule has 1 aliphatic rings. The normalized spacial score (nSPS) is 12.0. The van der Waals surface area contributed by atoms with Gasteiger partial charge < -0.3 is 29.0 Å². The molecular weight excluding hydrogens is 594 g/mol. The van der Waals surface area contributed by atoms with Crippen molar-refractivity contribution in [2.75, 3.05) is 25.2 Å². The molecule has 6 rings (SSSR count). The van der Waals surface area contributed by atoms with Gasteiger partial charge in [0.2, 0.25) is 12.7 Å². The molecule has 0 atom stereocenters. The fourth-order valence-corrected chi connectivity index (χ4v) is 5.52. The third kappa shape index (κ3) is 6.73. The van der Waals surface area contributed by atoms with Gasteiger partial charge in [-0.1, -0.05) is 67.4 Å². The minimum Gasteiger partial charge on any atom is -0.464 e. The molecule has 0 saturated carbocycles. The molecule has 0 radical (unpaired) electrons. The average Bonchev–Trinajstić information content (AvgIpc) is 3.52. The second-order valence-corrected chi connectivity index (χ2v) is 11.3. The van der Waals surface area contributed by atoms with Crippen molar-refractivity contribution in [1.82, 2.24) is 9.80 Å². The van der Waals surface area contributed by atoms with E-state index in [1.54, 1.807) is 29.2 Å². The predicted octanol–water partition coefficient (Wildman–Crippen LogP) is 7.19. The highest BCUT2D eigenvalue weighted by molar-refractivity contribution is 6.31. The van der Waals surface area contributed by atoms with Gasteiger partial charge in [0.1, 0.15) is 12.1 Å². The lowest BCUT2D eigenvalue weighted by Crippen LogP contribution is -2.44. The van der Waals surface area contributed by atoms with Crippen LogP contribution < -0.4 is 20.2 Å². The molecule has 9 nitrogen and oxygen atoms in total. The number of nitrogens with zero attached hydrogens (tertiary/aromatic N) is 2. The van der Waals surface area contributed by atoms with Gasteiger partial charge in [-0.25, -0.2) is 4.79 Å². The summed E-state index contributed by atoms with van der Waals surface area (Å²) in [5, 5.41) is 5.65. The van der Waals surface area contributed by atoms with E-state index in [2.05, 4.69) is 5.32 Å². The fourth-order valence-electron chi connectivity index (χ4n) is 5.34. The van der Waals surface area contributed by atoms with Crippen LogP contribution in [0.4, 0.5) is 10.5 Å². The van der Waals surface area contributed by atoms with Crippen LogP contribution in [0.15, 0.2) is 94.3 Å². The highest BCUT2D eigenvalue weighted by Crippen LogP contribution is 2.33. The Bertz CT molecular complexity index is 1940. The Morgan fingerprint density at radius 3 is 2.58 bits per heavy atom. The molecule has 0 aliphatic carbocycles. The molecule has 0 spiro atoms. The first-order valence-electron chi connectivity index (χ1n) is 14.8. The van der Waals surface area contributed by atoms with Gasteiger partial charge in [0, 0.05) is 23.5 Å². The van der Waals surface area contributed by atoms with Gasteiger partial charge in [-0.3, -0.25) is 9.59 Å². The Labute approximate surface area is 264 Å². The molecule has 45 heavy (non-hydrogen) atoms. The second-order valence-electron chi connectivity index (χ2n) is 10.9. The van der Waals surface area contributed by atoms with Crippen molar-refractivity contribution in [3.8, 4) is 11.5 Å². The molecule has 4 aromatic carbocycles. The maximum absolute atomic E-state index is 14.1. The molecule has 1 N–H and O–H groups in total. The number of anilines is 1. The van der Waals surface area contributed by atoms with Gasteiger partial charge >= 0.3 is 6.03 Å². The molecule has 1 aliphatic heterocycles. The van der Waals surface area contributed by atoms with Crippen molar-refractivity contribution < 1.29 is 23.5 Å². The summed E-state index contributed by atoms with van der Waals surface area (Å²) in [5.41, 5.74) is 1.86. The third-order valence-corrected chi connectivity index (χ3v) is 7.99. The first-order valence-corrected chi connectivity index (χ1v) is 15.2. The number of fused-ring (bicyclic) bond motifs is 3. The van der Waals surface area contributed by atoms with E-state index >= 15 is 0 Å². The highest BCUT2D eigenvalue weighted by Gasteiger charge is 2.24. The zero-order valence-corrected chi connectivity index (χ0v) is 25.5. The topological polar surface area (TPSA) is 101 Å². The lowest BCUT2D eigenvalue weighted by Gasteiger charge is -2.28. The van der Waals surface area contributed by atoms with Crippen molar-refractivity contribution in [2.45, 2.75) is 32.9 Å². The van der Waals surface area contributed by atoms with E-state index in [1.807, 2.05) is 61.5 Å². The van der Waals surface area contributed by atoms with E-state index in [1.165, 1.54) is 11.2 Å². The van der Waals surface area contributed by atoms with Gasteiger partial charge in [-0.15, -0.1) is 0 Å². The Morgan fingerprint density at radius 2 is 1.71 bits per heavy atom. The van der Waals surface area contributed by atoms with E-state index in [4.69, 9.17) is 25.5 Å². The van der Waals surface area contributed by atoms with Crippen LogP contribution in [0.3, 0.4) is 0 Å². The number of hydrogen-bond donors (Lipinski definition) is 1. The van der Waals surface area contributed by atoms with Gasteiger partial charge in [0.25, 0.3) is 0 Å². The van der Waals surface area contributed by atoms with Gasteiger partial charge in [0.15, 0.2) is 16.9 Å². The van der Waals surface area contributed by atoms with Crippen LogP contribution in [0.1, 0.15) is 30.9 Å². The van der Waals surface area contributed by atoms with E-state index in [9.17, 15) is 14.4 Å². The average molecular weight is 626 g/mol. The number of benzene rings is 4. The number of rotatable bonds is 10. The van der Waals surface area contributed by atoms with Crippen molar-refractivity contribution >= 4 is 51.0 Å². The summed E-state index contributed by atoms with van der Waals surface area (Å²) >= 11 is 6.16. The summed E-state index contributed by atoms with van der Waals surface area (Å²) in [6, 6.07) is 23.4. The van der Waals surface area contributed by atoms with E-state index in [0.29, 0.717) is 51.7 Å².